The molecule has 1 fully saturated rings. The first-order valence-electron chi connectivity index (χ1n) is 7.86. The highest BCUT2D eigenvalue weighted by Gasteiger charge is 2.21. The van der Waals surface area contributed by atoms with Crippen LogP contribution in [0.5, 0.6) is 5.75 Å². The lowest BCUT2D eigenvalue weighted by molar-refractivity contribution is 0.0985. The molecule has 1 aromatic rings. The predicted octanol–water partition coefficient (Wildman–Crippen LogP) is 3.56. The highest BCUT2D eigenvalue weighted by Crippen LogP contribution is 2.24. The lowest BCUT2D eigenvalue weighted by Crippen LogP contribution is -2.42. The summed E-state index contributed by atoms with van der Waals surface area (Å²) in [6, 6.07) is 6.08. The van der Waals surface area contributed by atoms with Gasteiger partial charge in [-0.2, -0.15) is 0 Å². The Kier molecular flexibility index (Phi) is 6.34. The van der Waals surface area contributed by atoms with E-state index >= 15 is 0 Å². The summed E-state index contributed by atoms with van der Waals surface area (Å²) in [5.41, 5.74) is 0.984. The molecule has 1 aromatic carbocycles. The normalized spacial score (nSPS) is 23.8. The van der Waals surface area contributed by atoms with Crippen molar-refractivity contribution < 1.29 is 9.84 Å². The third-order valence-corrected chi connectivity index (χ3v) is 4.72. The summed E-state index contributed by atoms with van der Waals surface area (Å²) < 4.78 is 5.62. The van der Waals surface area contributed by atoms with Gasteiger partial charge in [0.2, 0.25) is 0 Å². The second-order valence-electron chi connectivity index (χ2n) is 6.15. The Morgan fingerprint density at radius 2 is 2.14 bits per heavy atom. The summed E-state index contributed by atoms with van der Waals surface area (Å²) in [5, 5.41) is 14.2. The van der Waals surface area contributed by atoms with E-state index < -0.39 is 6.10 Å². The monoisotopic (exact) mass is 311 g/mol. The van der Waals surface area contributed by atoms with Gasteiger partial charge in [0, 0.05) is 17.6 Å². The van der Waals surface area contributed by atoms with Gasteiger partial charge in [0.15, 0.2) is 0 Å². The molecular formula is C17H26ClNO2. The molecule has 21 heavy (non-hydrogen) atoms. The molecule has 3 nitrogen and oxygen atoms in total. The van der Waals surface area contributed by atoms with Crippen LogP contribution in [-0.2, 0) is 0 Å². The van der Waals surface area contributed by atoms with Crippen LogP contribution in [0.15, 0.2) is 18.2 Å². The zero-order valence-corrected chi connectivity index (χ0v) is 13.7. The minimum Gasteiger partial charge on any atom is -0.491 e. The van der Waals surface area contributed by atoms with Crippen LogP contribution < -0.4 is 10.1 Å². The average Bonchev–Trinajstić information content (AvgIpc) is 2.47. The minimum absolute atomic E-state index is 0.301. The Balaban J connectivity index is 1.71. The molecule has 0 saturated heterocycles. The quantitative estimate of drug-likeness (QED) is 0.844. The Morgan fingerprint density at radius 3 is 2.86 bits per heavy atom. The second kappa shape index (κ2) is 8.02. The zero-order valence-electron chi connectivity index (χ0n) is 12.9. The molecule has 2 N–H and O–H groups in total. The number of aliphatic hydroxyl groups excluding tert-OH is 1. The SMILES string of the molecule is Cc1cc(OCC(O)CNC2CCCCC2C)ccc1Cl. The molecule has 3 atom stereocenters. The minimum atomic E-state index is -0.491. The Bertz CT molecular complexity index is 452. The molecule has 118 valence electrons. The van der Waals surface area contributed by atoms with Gasteiger partial charge in [-0.05, 0) is 49.4 Å². The van der Waals surface area contributed by atoms with E-state index in [1.165, 1.54) is 25.7 Å². The van der Waals surface area contributed by atoms with Gasteiger partial charge < -0.3 is 15.2 Å². The van der Waals surface area contributed by atoms with Gasteiger partial charge in [0.1, 0.15) is 18.5 Å². The van der Waals surface area contributed by atoms with E-state index in [1.807, 2.05) is 25.1 Å². The summed E-state index contributed by atoms with van der Waals surface area (Å²) in [6.45, 7) is 5.12. The van der Waals surface area contributed by atoms with E-state index in [-0.39, 0.29) is 0 Å². The van der Waals surface area contributed by atoms with Crippen LogP contribution in [0.3, 0.4) is 0 Å². The topological polar surface area (TPSA) is 41.5 Å². The number of rotatable bonds is 6. The molecule has 0 aliphatic heterocycles. The highest BCUT2D eigenvalue weighted by atomic mass is 35.5. The molecule has 1 saturated carbocycles. The average molecular weight is 312 g/mol. The molecule has 1 aliphatic carbocycles. The highest BCUT2D eigenvalue weighted by molar-refractivity contribution is 6.31. The van der Waals surface area contributed by atoms with Crippen molar-refractivity contribution in [2.24, 2.45) is 5.92 Å². The lowest BCUT2D eigenvalue weighted by atomic mass is 9.86. The molecule has 2 rings (SSSR count). The molecule has 1 aliphatic rings. The van der Waals surface area contributed by atoms with Crippen molar-refractivity contribution in [1.82, 2.24) is 5.32 Å². The fourth-order valence-electron chi connectivity index (χ4n) is 2.87. The standard InChI is InChI=1S/C17H26ClNO2/c1-12-5-3-4-6-17(12)19-10-14(20)11-21-15-7-8-16(18)13(2)9-15/h7-9,12,14,17,19-20H,3-6,10-11H2,1-2H3. The van der Waals surface area contributed by atoms with Crippen molar-refractivity contribution in [1.29, 1.82) is 0 Å². The van der Waals surface area contributed by atoms with Crippen molar-refractivity contribution in [3.05, 3.63) is 28.8 Å². The molecule has 0 radical (unpaired) electrons. The first-order valence-corrected chi connectivity index (χ1v) is 8.24. The van der Waals surface area contributed by atoms with E-state index in [9.17, 15) is 5.11 Å². The number of benzene rings is 1. The molecule has 0 amide bonds. The summed E-state index contributed by atoms with van der Waals surface area (Å²) in [5.74, 6) is 1.45. The summed E-state index contributed by atoms with van der Waals surface area (Å²) >= 11 is 5.98. The van der Waals surface area contributed by atoms with Crippen LogP contribution in [0.2, 0.25) is 5.02 Å². The van der Waals surface area contributed by atoms with Gasteiger partial charge in [-0.1, -0.05) is 31.4 Å². The Hall–Kier alpha value is -0.770. The maximum Gasteiger partial charge on any atom is 0.119 e. The maximum absolute atomic E-state index is 10.0. The van der Waals surface area contributed by atoms with Crippen molar-refractivity contribution in [3.8, 4) is 5.75 Å². The van der Waals surface area contributed by atoms with Crippen LogP contribution in [0.25, 0.3) is 0 Å². The summed E-state index contributed by atoms with van der Waals surface area (Å²) in [7, 11) is 0. The Morgan fingerprint density at radius 1 is 1.38 bits per heavy atom. The van der Waals surface area contributed by atoms with E-state index in [2.05, 4.69) is 12.2 Å². The van der Waals surface area contributed by atoms with Gasteiger partial charge in [0.25, 0.3) is 0 Å². The number of nitrogens with one attached hydrogen (secondary N) is 1. The van der Waals surface area contributed by atoms with Gasteiger partial charge in [-0.25, -0.2) is 0 Å². The summed E-state index contributed by atoms with van der Waals surface area (Å²) in [6.07, 6.45) is 4.63. The van der Waals surface area contributed by atoms with Crippen molar-refractivity contribution in [2.75, 3.05) is 13.2 Å². The van der Waals surface area contributed by atoms with Crippen LogP contribution >= 0.6 is 11.6 Å². The largest absolute Gasteiger partial charge is 0.491 e. The van der Waals surface area contributed by atoms with Crippen molar-refractivity contribution in [2.45, 2.75) is 51.7 Å². The van der Waals surface area contributed by atoms with Gasteiger partial charge in [-0.3, -0.25) is 0 Å². The van der Waals surface area contributed by atoms with Crippen molar-refractivity contribution >= 4 is 11.6 Å². The van der Waals surface area contributed by atoms with Crippen molar-refractivity contribution in [3.63, 3.8) is 0 Å². The Labute approximate surface area is 132 Å². The molecule has 0 aromatic heterocycles. The zero-order chi connectivity index (χ0) is 15.2. The molecule has 0 bridgehead atoms. The predicted molar refractivity (Wildman–Crippen MR) is 87.1 cm³/mol. The van der Waals surface area contributed by atoms with Gasteiger partial charge >= 0.3 is 0 Å². The molecule has 4 heteroatoms. The van der Waals surface area contributed by atoms with Crippen LogP contribution in [-0.4, -0.2) is 30.4 Å². The van der Waals surface area contributed by atoms with E-state index in [1.54, 1.807) is 0 Å². The fraction of sp³-hybridized carbons (Fsp3) is 0.647. The van der Waals surface area contributed by atoms with E-state index in [0.29, 0.717) is 25.1 Å². The first kappa shape index (κ1) is 16.6. The number of ether oxygens (including phenoxy) is 1. The smallest absolute Gasteiger partial charge is 0.119 e. The molecule has 0 heterocycles. The van der Waals surface area contributed by atoms with Crippen LogP contribution in [0, 0.1) is 12.8 Å². The first-order chi connectivity index (χ1) is 10.1. The second-order valence-corrected chi connectivity index (χ2v) is 6.56. The number of hydrogen-bond acceptors (Lipinski definition) is 3. The van der Waals surface area contributed by atoms with Crippen LogP contribution in [0.4, 0.5) is 0 Å². The molecule has 3 unspecified atom stereocenters. The third-order valence-electron chi connectivity index (χ3n) is 4.30. The number of hydrogen-bond donors (Lipinski definition) is 2. The summed E-state index contributed by atoms with van der Waals surface area (Å²) in [4.78, 5) is 0. The molecular weight excluding hydrogens is 286 g/mol. The maximum atomic E-state index is 10.0. The lowest BCUT2D eigenvalue weighted by Gasteiger charge is -2.30. The number of aryl methyl sites for hydroxylation is 1. The van der Waals surface area contributed by atoms with Gasteiger partial charge in [0.05, 0.1) is 0 Å². The fourth-order valence-corrected chi connectivity index (χ4v) is 2.98. The van der Waals surface area contributed by atoms with E-state index in [4.69, 9.17) is 16.3 Å². The van der Waals surface area contributed by atoms with E-state index in [0.717, 1.165) is 16.3 Å². The molecule has 0 spiro atoms. The number of halogens is 1. The number of aliphatic hydroxyl groups is 1. The van der Waals surface area contributed by atoms with Crippen LogP contribution in [0.1, 0.15) is 38.2 Å². The van der Waals surface area contributed by atoms with Gasteiger partial charge in [-0.15, -0.1) is 0 Å². The third kappa shape index (κ3) is 5.17.